The minimum Gasteiger partial charge on any atom is -0.465 e. The first kappa shape index (κ1) is 21.6. The summed E-state index contributed by atoms with van der Waals surface area (Å²) in [6.45, 7) is 4.15. The maximum atomic E-state index is 12.3. The van der Waals surface area contributed by atoms with E-state index >= 15 is 0 Å². The van der Waals surface area contributed by atoms with Crippen LogP contribution >= 0.6 is 11.9 Å². The van der Waals surface area contributed by atoms with Crippen LogP contribution < -0.4 is 15.2 Å². The molecule has 0 atom stereocenters. The van der Waals surface area contributed by atoms with Gasteiger partial charge in [0.1, 0.15) is 11.5 Å². The van der Waals surface area contributed by atoms with E-state index in [0.717, 1.165) is 29.0 Å². The standard InChI is InChI=1S/C24H26N2O3S/c1-4-5-17-14-18(8-12-22(17)25)29-19-9-13-23(21(15-19)24(27)28-3)26-30-20-10-6-16(2)7-11-20/h6-15,26H,4-5,25H2,1-3H3. The van der Waals surface area contributed by atoms with Crippen molar-refractivity contribution in [2.45, 2.75) is 31.6 Å². The molecule has 0 amide bonds. The summed E-state index contributed by atoms with van der Waals surface area (Å²) in [5, 5.41) is 0. The van der Waals surface area contributed by atoms with Crippen LogP contribution in [0.1, 0.15) is 34.8 Å². The van der Waals surface area contributed by atoms with Crippen molar-refractivity contribution in [3.63, 3.8) is 0 Å². The van der Waals surface area contributed by atoms with Crippen LogP contribution in [0, 0.1) is 6.92 Å². The zero-order chi connectivity index (χ0) is 21.5. The molecule has 3 rings (SSSR count). The van der Waals surface area contributed by atoms with E-state index in [4.69, 9.17) is 15.2 Å². The lowest BCUT2D eigenvalue weighted by Crippen LogP contribution is -2.05. The molecule has 3 aromatic rings. The van der Waals surface area contributed by atoms with Gasteiger partial charge in [-0.25, -0.2) is 4.79 Å². The van der Waals surface area contributed by atoms with Crippen LogP contribution in [-0.2, 0) is 11.2 Å². The predicted molar refractivity (Wildman–Crippen MR) is 123 cm³/mol. The molecule has 0 saturated heterocycles. The molecule has 0 spiro atoms. The summed E-state index contributed by atoms with van der Waals surface area (Å²) < 4.78 is 14.2. The first-order chi connectivity index (χ1) is 14.5. The average molecular weight is 423 g/mol. The van der Waals surface area contributed by atoms with Crippen LogP contribution in [0.2, 0.25) is 0 Å². The number of hydrogen-bond acceptors (Lipinski definition) is 6. The number of nitrogens with one attached hydrogen (secondary N) is 1. The maximum absolute atomic E-state index is 12.3. The molecular formula is C24H26N2O3S. The fourth-order valence-electron chi connectivity index (χ4n) is 2.94. The summed E-state index contributed by atoms with van der Waals surface area (Å²) in [5.41, 5.74) is 10.1. The van der Waals surface area contributed by atoms with Crippen molar-refractivity contribution >= 4 is 29.3 Å². The number of benzene rings is 3. The van der Waals surface area contributed by atoms with Crippen molar-refractivity contribution in [2.75, 3.05) is 17.6 Å². The molecule has 0 aliphatic heterocycles. The Hall–Kier alpha value is -3.12. The summed E-state index contributed by atoms with van der Waals surface area (Å²) >= 11 is 1.43. The van der Waals surface area contributed by atoms with Gasteiger partial charge in [-0.3, -0.25) is 0 Å². The maximum Gasteiger partial charge on any atom is 0.340 e. The second-order valence-corrected chi connectivity index (χ2v) is 7.81. The van der Waals surface area contributed by atoms with Gasteiger partial charge >= 0.3 is 5.97 Å². The minimum absolute atomic E-state index is 0.402. The molecule has 3 N–H and O–H groups in total. The van der Waals surface area contributed by atoms with Gasteiger partial charge in [-0.1, -0.05) is 31.0 Å². The third-order valence-corrected chi connectivity index (χ3v) is 5.40. The molecule has 0 fully saturated rings. The topological polar surface area (TPSA) is 73.6 Å². The number of nitrogens with two attached hydrogens (primary N) is 1. The third-order valence-electron chi connectivity index (χ3n) is 4.57. The number of aryl methyl sites for hydroxylation is 2. The van der Waals surface area contributed by atoms with Gasteiger partial charge in [0, 0.05) is 10.6 Å². The summed E-state index contributed by atoms with van der Waals surface area (Å²) in [7, 11) is 1.36. The number of hydrogen-bond donors (Lipinski definition) is 2. The van der Waals surface area contributed by atoms with Crippen molar-refractivity contribution in [2.24, 2.45) is 0 Å². The van der Waals surface area contributed by atoms with Crippen LogP contribution in [0.15, 0.2) is 65.6 Å². The number of carbonyl (C=O) groups is 1. The van der Waals surface area contributed by atoms with Gasteiger partial charge in [-0.15, -0.1) is 0 Å². The molecule has 156 valence electrons. The van der Waals surface area contributed by atoms with Gasteiger partial charge in [0.05, 0.1) is 18.4 Å². The summed E-state index contributed by atoms with van der Waals surface area (Å²) in [5.74, 6) is 0.795. The zero-order valence-electron chi connectivity index (χ0n) is 17.4. The number of rotatable bonds is 8. The van der Waals surface area contributed by atoms with E-state index in [1.165, 1.54) is 24.6 Å². The minimum atomic E-state index is -0.434. The monoisotopic (exact) mass is 422 g/mol. The van der Waals surface area contributed by atoms with Crippen LogP contribution in [0.25, 0.3) is 0 Å². The highest BCUT2D eigenvalue weighted by Crippen LogP contribution is 2.31. The lowest BCUT2D eigenvalue weighted by Gasteiger charge is -2.14. The van der Waals surface area contributed by atoms with E-state index in [2.05, 4.69) is 11.6 Å². The number of ether oxygens (including phenoxy) is 2. The van der Waals surface area contributed by atoms with Crippen molar-refractivity contribution in [3.05, 3.63) is 77.4 Å². The Bertz CT molecular complexity index is 1020. The normalized spacial score (nSPS) is 10.5. The van der Waals surface area contributed by atoms with Gasteiger partial charge in [-0.05, 0) is 79.4 Å². The van der Waals surface area contributed by atoms with Gasteiger partial charge in [0.15, 0.2) is 0 Å². The molecule has 0 heterocycles. The number of methoxy groups -OCH3 is 1. The van der Waals surface area contributed by atoms with Gasteiger partial charge < -0.3 is 19.9 Å². The van der Waals surface area contributed by atoms with Crippen molar-refractivity contribution in [1.82, 2.24) is 0 Å². The van der Waals surface area contributed by atoms with Crippen molar-refractivity contribution in [3.8, 4) is 11.5 Å². The third kappa shape index (κ3) is 5.48. The molecular weight excluding hydrogens is 396 g/mol. The zero-order valence-corrected chi connectivity index (χ0v) is 18.2. The molecule has 0 bridgehead atoms. The van der Waals surface area contributed by atoms with Crippen LogP contribution in [0.3, 0.4) is 0 Å². The Labute approximate surface area is 181 Å². The van der Waals surface area contributed by atoms with Crippen molar-refractivity contribution < 1.29 is 14.3 Å². The molecule has 3 aromatic carbocycles. The van der Waals surface area contributed by atoms with Crippen LogP contribution in [0.5, 0.6) is 11.5 Å². The highest BCUT2D eigenvalue weighted by molar-refractivity contribution is 8.00. The molecule has 0 aliphatic rings. The fourth-order valence-corrected chi connectivity index (χ4v) is 3.62. The fraction of sp³-hybridized carbons (Fsp3) is 0.208. The number of esters is 1. The van der Waals surface area contributed by atoms with E-state index in [0.29, 0.717) is 22.7 Å². The molecule has 5 nitrogen and oxygen atoms in total. The number of anilines is 2. The largest absolute Gasteiger partial charge is 0.465 e. The second kappa shape index (κ2) is 10.1. The number of carbonyl (C=O) groups excluding carboxylic acids is 1. The first-order valence-electron chi connectivity index (χ1n) is 9.78. The lowest BCUT2D eigenvalue weighted by molar-refractivity contribution is 0.0601. The van der Waals surface area contributed by atoms with Crippen LogP contribution in [0.4, 0.5) is 11.4 Å². The van der Waals surface area contributed by atoms with Crippen LogP contribution in [-0.4, -0.2) is 13.1 Å². The highest BCUT2D eigenvalue weighted by atomic mass is 32.2. The first-order valence-corrected chi connectivity index (χ1v) is 10.6. The second-order valence-electron chi connectivity index (χ2n) is 6.93. The Morgan fingerprint density at radius 1 is 1.03 bits per heavy atom. The molecule has 0 saturated carbocycles. The Morgan fingerprint density at radius 2 is 1.73 bits per heavy atom. The molecule has 30 heavy (non-hydrogen) atoms. The van der Waals surface area contributed by atoms with E-state index in [-0.39, 0.29) is 0 Å². The van der Waals surface area contributed by atoms with Gasteiger partial charge in [-0.2, -0.15) is 0 Å². The van der Waals surface area contributed by atoms with Crippen molar-refractivity contribution in [1.29, 1.82) is 0 Å². The molecule has 0 radical (unpaired) electrons. The van der Waals surface area contributed by atoms with E-state index < -0.39 is 5.97 Å². The quantitative estimate of drug-likeness (QED) is 0.255. The molecule has 0 unspecified atom stereocenters. The van der Waals surface area contributed by atoms with E-state index in [1.54, 1.807) is 6.07 Å². The Kier molecular flexibility index (Phi) is 7.25. The number of nitrogen functional groups attached to an aromatic ring is 1. The average Bonchev–Trinajstić information content (AvgIpc) is 2.76. The molecule has 0 aliphatic carbocycles. The summed E-state index contributed by atoms with van der Waals surface area (Å²) in [6.07, 6.45) is 1.88. The Balaban J connectivity index is 1.81. The highest BCUT2D eigenvalue weighted by Gasteiger charge is 2.14. The van der Waals surface area contributed by atoms with E-state index in [1.807, 2.05) is 61.5 Å². The summed E-state index contributed by atoms with van der Waals surface area (Å²) in [6, 6.07) is 19.1. The summed E-state index contributed by atoms with van der Waals surface area (Å²) in [4.78, 5) is 13.4. The van der Waals surface area contributed by atoms with E-state index in [9.17, 15) is 4.79 Å². The smallest absolute Gasteiger partial charge is 0.340 e. The SMILES string of the molecule is CCCc1cc(Oc2ccc(NSc3ccc(C)cc3)c(C(=O)OC)c2)ccc1N. The molecule has 0 aromatic heterocycles. The Morgan fingerprint density at radius 3 is 2.43 bits per heavy atom. The lowest BCUT2D eigenvalue weighted by atomic mass is 10.1. The molecule has 6 heteroatoms. The van der Waals surface area contributed by atoms with Gasteiger partial charge in [0.25, 0.3) is 0 Å². The predicted octanol–water partition coefficient (Wildman–Crippen LogP) is 6.23. The van der Waals surface area contributed by atoms with Gasteiger partial charge in [0.2, 0.25) is 0 Å².